The van der Waals surface area contributed by atoms with Crippen molar-refractivity contribution in [3.63, 3.8) is 0 Å². The van der Waals surface area contributed by atoms with Gasteiger partial charge in [0.15, 0.2) is 11.4 Å². The highest BCUT2D eigenvalue weighted by Gasteiger charge is 2.54. The number of hydrogen-bond donors (Lipinski definition) is 4. The normalized spacial score (nSPS) is 21.3. The lowest BCUT2D eigenvalue weighted by atomic mass is 9.85. The molecule has 4 rings (SSSR count). The Morgan fingerprint density at radius 3 is 2.00 bits per heavy atom. The molecular weight excluding hydrogens is 590 g/mol. The van der Waals surface area contributed by atoms with Gasteiger partial charge in [-0.2, -0.15) is 0 Å². The van der Waals surface area contributed by atoms with Gasteiger partial charge in [-0.1, -0.05) is 70.9 Å². The first-order chi connectivity index (χ1) is 22.1. The molecule has 0 bridgehead atoms. The van der Waals surface area contributed by atoms with Crippen molar-refractivity contribution in [1.82, 2.24) is 15.5 Å². The molecule has 0 aromatic heterocycles. The number of nitrogens with zero attached hydrogens (tertiary/aromatic N) is 1. The minimum atomic E-state index is -1.28. The van der Waals surface area contributed by atoms with Crippen molar-refractivity contribution in [3.05, 3.63) is 35.4 Å². The molecule has 1 aliphatic carbocycles. The first-order valence-corrected chi connectivity index (χ1v) is 17.1. The fourth-order valence-electron chi connectivity index (χ4n) is 6.89. The van der Waals surface area contributed by atoms with E-state index in [4.69, 9.17) is 4.74 Å². The number of benzene rings is 1. The summed E-state index contributed by atoms with van der Waals surface area (Å²) in [5, 5.41) is 25.1. The number of aliphatic hydroxyl groups is 2. The third kappa shape index (κ3) is 8.80. The standard InChI is InChI=1S/C35H51N3O8/c1-23(2)19-28(30(41)35(21-40)22-46-35)36-32(43)29(20-39)37-31(42)25(24-13-8-9-14-24)15-7-5-3-4-6-12-18-38-33(44)26-16-10-11-17-27(26)34(38)45/h10-11,16-17,23-25,28-29,39-40H,3-9,12-15,18-22H2,1-2H3,(H,36,43)(H,37,42). The highest BCUT2D eigenvalue weighted by molar-refractivity contribution is 6.21. The molecule has 0 radical (unpaired) electrons. The van der Waals surface area contributed by atoms with Crippen LogP contribution in [0.2, 0.25) is 0 Å². The number of aliphatic hydroxyl groups excluding tert-OH is 2. The van der Waals surface area contributed by atoms with E-state index in [1.807, 2.05) is 13.8 Å². The summed E-state index contributed by atoms with van der Waals surface area (Å²) in [5.74, 6) is -1.66. The Bertz CT molecular complexity index is 1200. The van der Waals surface area contributed by atoms with Crippen LogP contribution in [-0.4, -0.2) is 88.6 Å². The topological polar surface area (TPSA) is 166 Å². The van der Waals surface area contributed by atoms with Crippen LogP contribution in [0.3, 0.4) is 0 Å². The van der Waals surface area contributed by atoms with Crippen LogP contribution in [0.4, 0.5) is 0 Å². The largest absolute Gasteiger partial charge is 0.394 e. The molecule has 46 heavy (non-hydrogen) atoms. The number of amides is 4. The van der Waals surface area contributed by atoms with Crippen LogP contribution in [-0.2, 0) is 19.1 Å². The van der Waals surface area contributed by atoms with Crippen LogP contribution in [0.1, 0.15) is 112 Å². The number of hydrogen-bond acceptors (Lipinski definition) is 8. The number of unbranched alkanes of at least 4 members (excludes halogenated alkanes) is 5. The van der Waals surface area contributed by atoms with Crippen molar-refractivity contribution >= 4 is 29.4 Å². The zero-order valence-electron chi connectivity index (χ0n) is 27.3. The highest BCUT2D eigenvalue weighted by Crippen LogP contribution is 2.35. The van der Waals surface area contributed by atoms with Crippen LogP contribution in [0.5, 0.6) is 0 Å². The molecule has 1 aromatic carbocycles. The number of epoxide rings is 1. The van der Waals surface area contributed by atoms with E-state index in [9.17, 15) is 34.2 Å². The number of Topliss-reactive ketones (excluding diaryl/α,β-unsaturated/α-hetero) is 1. The molecule has 11 nitrogen and oxygen atoms in total. The van der Waals surface area contributed by atoms with Crippen molar-refractivity contribution in [2.24, 2.45) is 17.8 Å². The van der Waals surface area contributed by atoms with E-state index < -0.39 is 42.6 Å². The molecule has 4 amide bonds. The van der Waals surface area contributed by atoms with Crippen LogP contribution in [0.15, 0.2) is 24.3 Å². The second kappa shape index (κ2) is 16.6. The third-order valence-electron chi connectivity index (χ3n) is 9.68. The van der Waals surface area contributed by atoms with Gasteiger partial charge in [-0.15, -0.1) is 0 Å². The van der Waals surface area contributed by atoms with Crippen LogP contribution in [0, 0.1) is 17.8 Å². The summed E-state index contributed by atoms with van der Waals surface area (Å²) in [6.45, 7) is 3.29. The van der Waals surface area contributed by atoms with Gasteiger partial charge < -0.3 is 25.6 Å². The van der Waals surface area contributed by atoms with E-state index in [2.05, 4.69) is 10.6 Å². The molecule has 254 valence electrons. The third-order valence-corrected chi connectivity index (χ3v) is 9.68. The van der Waals surface area contributed by atoms with Crippen molar-refractivity contribution < 1.29 is 38.9 Å². The predicted molar refractivity (Wildman–Crippen MR) is 171 cm³/mol. The van der Waals surface area contributed by atoms with E-state index >= 15 is 0 Å². The number of nitrogens with one attached hydrogen (secondary N) is 2. The first kappa shape index (κ1) is 35.7. The fraction of sp³-hybridized carbons (Fsp3) is 0.686. The van der Waals surface area contributed by atoms with Crippen LogP contribution >= 0.6 is 0 Å². The second-order valence-electron chi connectivity index (χ2n) is 13.6. The van der Waals surface area contributed by atoms with E-state index in [0.717, 1.165) is 64.2 Å². The average Bonchev–Trinajstić information content (AvgIpc) is 3.59. The maximum Gasteiger partial charge on any atom is 0.261 e. The van der Waals surface area contributed by atoms with Gasteiger partial charge in [0, 0.05) is 12.5 Å². The van der Waals surface area contributed by atoms with E-state index in [1.54, 1.807) is 24.3 Å². The average molecular weight is 642 g/mol. The summed E-state index contributed by atoms with van der Waals surface area (Å²) in [4.78, 5) is 66.1. The summed E-state index contributed by atoms with van der Waals surface area (Å²) >= 11 is 0. The molecular formula is C35H51N3O8. The number of imide groups is 1. The summed E-state index contributed by atoms with van der Waals surface area (Å²) in [7, 11) is 0. The van der Waals surface area contributed by atoms with Gasteiger partial charge in [0.2, 0.25) is 11.8 Å². The zero-order valence-corrected chi connectivity index (χ0v) is 27.3. The number of fused-ring (bicyclic) bond motifs is 1. The minimum Gasteiger partial charge on any atom is -0.394 e. The van der Waals surface area contributed by atoms with Crippen molar-refractivity contribution in [3.8, 4) is 0 Å². The Balaban J connectivity index is 1.21. The predicted octanol–water partition coefficient (Wildman–Crippen LogP) is 3.16. The minimum absolute atomic E-state index is 0.0778. The second-order valence-corrected chi connectivity index (χ2v) is 13.6. The highest BCUT2D eigenvalue weighted by atomic mass is 16.6. The molecule has 1 aromatic rings. The molecule has 2 aliphatic heterocycles. The summed E-state index contributed by atoms with van der Waals surface area (Å²) in [6, 6.07) is 4.83. The molecule has 1 saturated heterocycles. The number of ether oxygens (including phenoxy) is 1. The Morgan fingerprint density at radius 2 is 1.46 bits per heavy atom. The number of carbonyl (C=O) groups is 5. The molecule has 4 atom stereocenters. The molecule has 1 saturated carbocycles. The number of carbonyl (C=O) groups excluding carboxylic acids is 5. The summed E-state index contributed by atoms with van der Waals surface area (Å²) < 4.78 is 5.21. The van der Waals surface area contributed by atoms with Crippen molar-refractivity contribution in [1.29, 1.82) is 0 Å². The maximum absolute atomic E-state index is 13.5. The lowest BCUT2D eigenvalue weighted by Gasteiger charge is -2.27. The Labute approximate surface area is 271 Å². The Morgan fingerprint density at radius 1 is 0.891 bits per heavy atom. The lowest BCUT2D eigenvalue weighted by Crippen LogP contribution is -2.56. The lowest BCUT2D eigenvalue weighted by molar-refractivity contribution is -0.136. The van der Waals surface area contributed by atoms with Crippen molar-refractivity contribution in [2.45, 2.75) is 109 Å². The molecule has 2 heterocycles. The number of ketones is 1. The van der Waals surface area contributed by atoms with Crippen molar-refractivity contribution in [2.75, 3.05) is 26.4 Å². The molecule has 4 N–H and O–H groups in total. The molecule has 11 heteroatoms. The maximum atomic E-state index is 13.5. The van der Waals surface area contributed by atoms with Crippen LogP contribution < -0.4 is 10.6 Å². The fourth-order valence-corrected chi connectivity index (χ4v) is 6.89. The molecule has 0 spiro atoms. The van der Waals surface area contributed by atoms with E-state index in [0.29, 0.717) is 30.5 Å². The molecule has 4 unspecified atom stereocenters. The monoisotopic (exact) mass is 641 g/mol. The SMILES string of the molecule is CC(C)CC(NC(=O)C(CO)NC(=O)C(CCCCCCCCN1C(=O)c2ccccc2C1=O)C1CCCC1)C(=O)C1(CO)CO1. The molecule has 2 fully saturated rings. The zero-order chi connectivity index (χ0) is 33.3. The number of rotatable bonds is 20. The van der Waals surface area contributed by atoms with Gasteiger partial charge in [0.1, 0.15) is 6.04 Å². The summed E-state index contributed by atoms with van der Waals surface area (Å²) in [5.41, 5.74) is -0.328. The van der Waals surface area contributed by atoms with Gasteiger partial charge in [-0.05, 0) is 56.1 Å². The Kier molecular flexibility index (Phi) is 12.9. The van der Waals surface area contributed by atoms with Gasteiger partial charge >= 0.3 is 0 Å². The van der Waals surface area contributed by atoms with Gasteiger partial charge in [0.05, 0.1) is 37.0 Å². The van der Waals surface area contributed by atoms with E-state index in [-0.39, 0.29) is 42.1 Å². The van der Waals surface area contributed by atoms with Gasteiger partial charge in [0.25, 0.3) is 11.8 Å². The smallest absolute Gasteiger partial charge is 0.261 e. The summed E-state index contributed by atoms with van der Waals surface area (Å²) in [6.07, 6.45) is 10.5. The van der Waals surface area contributed by atoms with Gasteiger partial charge in [-0.3, -0.25) is 28.9 Å². The molecule has 3 aliphatic rings. The quantitative estimate of drug-likeness (QED) is 0.0958. The van der Waals surface area contributed by atoms with E-state index in [1.165, 1.54) is 4.90 Å². The van der Waals surface area contributed by atoms with Gasteiger partial charge in [-0.25, -0.2) is 0 Å². The Hall–Kier alpha value is -3.15. The first-order valence-electron chi connectivity index (χ1n) is 17.1. The van der Waals surface area contributed by atoms with Crippen LogP contribution in [0.25, 0.3) is 0 Å².